The smallest absolute Gasteiger partial charge is 0.227 e. The SMILES string of the molecule is CC[C@@H](Sc1nnc(SCC(N)=O)s1)c1ccc(Cl)cc1. The maximum Gasteiger partial charge on any atom is 0.227 e. The lowest BCUT2D eigenvalue weighted by Crippen LogP contribution is -2.12. The molecule has 0 saturated heterocycles. The molecule has 1 amide bonds. The molecular weight excluding hydrogens is 346 g/mol. The standard InChI is InChI=1S/C13H14ClN3OS3/c1-2-10(8-3-5-9(14)6-4-8)20-13-17-16-12(21-13)19-7-11(15)18/h3-6,10H,2,7H2,1H3,(H2,15,18)/t10-/m1/s1. The molecule has 0 bridgehead atoms. The van der Waals surface area contributed by atoms with Gasteiger partial charge in [-0.2, -0.15) is 0 Å². The van der Waals surface area contributed by atoms with Crippen molar-refractivity contribution in [1.29, 1.82) is 0 Å². The molecule has 4 nitrogen and oxygen atoms in total. The highest BCUT2D eigenvalue weighted by molar-refractivity contribution is 8.03. The molecule has 0 fully saturated rings. The molecule has 0 radical (unpaired) electrons. The van der Waals surface area contributed by atoms with Crippen molar-refractivity contribution in [3.05, 3.63) is 34.9 Å². The Bertz CT molecular complexity index is 603. The van der Waals surface area contributed by atoms with Gasteiger partial charge in [0, 0.05) is 10.3 Å². The number of hydrogen-bond acceptors (Lipinski definition) is 6. The van der Waals surface area contributed by atoms with Crippen LogP contribution in [0.2, 0.25) is 5.02 Å². The Morgan fingerprint density at radius 2 is 2.00 bits per heavy atom. The molecule has 1 heterocycles. The molecule has 2 N–H and O–H groups in total. The summed E-state index contributed by atoms with van der Waals surface area (Å²) in [5, 5.41) is 9.27. The highest BCUT2D eigenvalue weighted by atomic mass is 35.5. The van der Waals surface area contributed by atoms with Gasteiger partial charge >= 0.3 is 0 Å². The molecule has 0 saturated carbocycles. The van der Waals surface area contributed by atoms with Crippen LogP contribution in [-0.2, 0) is 4.79 Å². The van der Waals surface area contributed by atoms with E-state index in [1.165, 1.54) is 28.7 Å². The molecule has 0 aliphatic rings. The Kier molecular flexibility index (Phi) is 6.35. The van der Waals surface area contributed by atoms with Gasteiger partial charge in [-0.25, -0.2) is 0 Å². The molecule has 2 rings (SSSR count). The van der Waals surface area contributed by atoms with Gasteiger partial charge in [0.1, 0.15) is 0 Å². The topological polar surface area (TPSA) is 68.9 Å². The van der Waals surface area contributed by atoms with E-state index in [0.717, 1.165) is 20.1 Å². The second kappa shape index (κ2) is 8.03. The molecule has 1 aromatic heterocycles. The second-order valence-electron chi connectivity index (χ2n) is 4.16. The Labute approximate surface area is 140 Å². The van der Waals surface area contributed by atoms with Gasteiger partial charge in [0.25, 0.3) is 0 Å². The van der Waals surface area contributed by atoms with E-state index in [0.29, 0.717) is 5.25 Å². The van der Waals surface area contributed by atoms with Crippen molar-refractivity contribution in [2.24, 2.45) is 5.73 Å². The van der Waals surface area contributed by atoms with Crippen molar-refractivity contribution >= 4 is 52.4 Å². The molecule has 1 atom stereocenters. The van der Waals surface area contributed by atoms with Crippen molar-refractivity contribution in [2.45, 2.75) is 27.3 Å². The second-order valence-corrected chi connectivity index (χ2v) is 8.24. The van der Waals surface area contributed by atoms with E-state index in [2.05, 4.69) is 17.1 Å². The quantitative estimate of drug-likeness (QED) is 0.756. The summed E-state index contributed by atoms with van der Waals surface area (Å²) in [6, 6.07) is 7.86. The predicted octanol–water partition coefficient (Wildman–Crippen LogP) is 4.01. The Hall–Kier alpha value is -0.760. The van der Waals surface area contributed by atoms with Crippen LogP contribution in [0.3, 0.4) is 0 Å². The Morgan fingerprint density at radius 3 is 2.62 bits per heavy atom. The first-order chi connectivity index (χ1) is 10.1. The monoisotopic (exact) mass is 359 g/mol. The number of hydrogen-bond donors (Lipinski definition) is 1. The van der Waals surface area contributed by atoms with E-state index >= 15 is 0 Å². The van der Waals surface area contributed by atoms with Crippen LogP contribution in [0.1, 0.15) is 24.2 Å². The van der Waals surface area contributed by atoms with Gasteiger partial charge in [-0.15, -0.1) is 10.2 Å². The van der Waals surface area contributed by atoms with Crippen molar-refractivity contribution < 1.29 is 4.79 Å². The van der Waals surface area contributed by atoms with Crippen LogP contribution in [0.25, 0.3) is 0 Å². The number of primary amides is 1. The fourth-order valence-electron chi connectivity index (χ4n) is 1.62. The third-order valence-corrected chi connectivity index (χ3v) is 6.42. The van der Waals surface area contributed by atoms with E-state index in [9.17, 15) is 4.79 Å². The molecule has 21 heavy (non-hydrogen) atoms. The fourth-order valence-corrected chi connectivity index (χ4v) is 4.80. The van der Waals surface area contributed by atoms with Gasteiger partial charge in [0.2, 0.25) is 5.91 Å². The Balaban J connectivity index is 2.01. The number of carbonyl (C=O) groups is 1. The summed E-state index contributed by atoms with van der Waals surface area (Å²) < 4.78 is 1.66. The van der Waals surface area contributed by atoms with Gasteiger partial charge < -0.3 is 5.73 Å². The maximum absolute atomic E-state index is 10.8. The van der Waals surface area contributed by atoms with E-state index in [1.54, 1.807) is 11.8 Å². The minimum absolute atomic E-state index is 0.230. The van der Waals surface area contributed by atoms with Crippen LogP contribution in [-0.4, -0.2) is 21.9 Å². The lowest BCUT2D eigenvalue weighted by atomic mass is 10.1. The molecule has 1 aromatic carbocycles. The van der Waals surface area contributed by atoms with Crippen LogP contribution in [0.5, 0.6) is 0 Å². The average molecular weight is 360 g/mol. The zero-order chi connectivity index (χ0) is 15.2. The summed E-state index contributed by atoms with van der Waals surface area (Å²) in [5.74, 6) is -0.120. The third-order valence-electron chi connectivity index (χ3n) is 2.58. The van der Waals surface area contributed by atoms with Crippen LogP contribution in [0.4, 0.5) is 0 Å². The average Bonchev–Trinajstić information content (AvgIpc) is 2.91. The summed E-state index contributed by atoms with van der Waals surface area (Å²) in [7, 11) is 0. The predicted molar refractivity (Wildman–Crippen MR) is 90.2 cm³/mol. The highest BCUT2D eigenvalue weighted by Crippen LogP contribution is 2.40. The summed E-state index contributed by atoms with van der Waals surface area (Å²) in [6.07, 6.45) is 0.982. The summed E-state index contributed by atoms with van der Waals surface area (Å²) in [6.45, 7) is 2.13. The molecule has 0 unspecified atom stereocenters. The zero-order valence-electron chi connectivity index (χ0n) is 11.3. The first-order valence-electron chi connectivity index (χ1n) is 6.25. The van der Waals surface area contributed by atoms with Crippen LogP contribution < -0.4 is 5.73 Å². The first-order valence-corrected chi connectivity index (χ1v) is 9.31. The number of rotatable bonds is 7. The number of benzene rings is 1. The Morgan fingerprint density at radius 1 is 1.33 bits per heavy atom. The fraction of sp³-hybridized carbons (Fsp3) is 0.308. The summed E-state index contributed by atoms with van der Waals surface area (Å²) >= 11 is 10.4. The molecule has 112 valence electrons. The van der Waals surface area contributed by atoms with E-state index in [4.69, 9.17) is 17.3 Å². The molecule has 0 spiro atoms. The van der Waals surface area contributed by atoms with Crippen molar-refractivity contribution in [1.82, 2.24) is 10.2 Å². The third kappa shape index (κ3) is 5.18. The summed E-state index contributed by atoms with van der Waals surface area (Å²) in [4.78, 5) is 10.8. The van der Waals surface area contributed by atoms with Crippen molar-refractivity contribution in [2.75, 3.05) is 5.75 Å². The maximum atomic E-state index is 10.8. The molecule has 2 aromatic rings. The highest BCUT2D eigenvalue weighted by Gasteiger charge is 2.15. The van der Waals surface area contributed by atoms with Crippen molar-refractivity contribution in [3.8, 4) is 0 Å². The van der Waals surface area contributed by atoms with Gasteiger partial charge in [-0.3, -0.25) is 4.79 Å². The van der Waals surface area contributed by atoms with Crippen LogP contribution >= 0.6 is 46.5 Å². The lowest BCUT2D eigenvalue weighted by molar-refractivity contribution is -0.115. The number of thioether (sulfide) groups is 2. The largest absolute Gasteiger partial charge is 0.369 e. The van der Waals surface area contributed by atoms with E-state index in [-0.39, 0.29) is 11.7 Å². The molecule has 8 heteroatoms. The zero-order valence-corrected chi connectivity index (χ0v) is 14.5. The molecule has 0 aliphatic carbocycles. The van der Waals surface area contributed by atoms with Crippen molar-refractivity contribution in [3.63, 3.8) is 0 Å². The lowest BCUT2D eigenvalue weighted by Gasteiger charge is -2.12. The van der Waals surface area contributed by atoms with Gasteiger partial charge in [-0.1, -0.05) is 65.5 Å². The van der Waals surface area contributed by atoms with Crippen LogP contribution in [0.15, 0.2) is 32.9 Å². The van der Waals surface area contributed by atoms with Gasteiger partial charge in [-0.05, 0) is 24.1 Å². The molecular formula is C13H14ClN3OS3. The van der Waals surface area contributed by atoms with E-state index < -0.39 is 0 Å². The number of nitrogens with two attached hydrogens (primary N) is 1. The number of amides is 1. The minimum atomic E-state index is -0.350. The number of aromatic nitrogens is 2. The normalized spacial score (nSPS) is 12.3. The van der Waals surface area contributed by atoms with E-state index in [1.807, 2.05) is 24.3 Å². The van der Waals surface area contributed by atoms with Gasteiger partial charge in [0.15, 0.2) is 8.68 Å². The van der Waals surface area contributed by atoms with Crippen LogP contribution in [0, 0.1) is 0 Å². The summed E-state index contributed by atoms with van der Waals surface area (Å²) in [5.41, 5.74) is 6.33. The number of halogens is 1. The first kappa shape index (κ1) is 16.6. The molecule has 0 aliphatic heterocycles. The number of nitrogens with zero attached hydrogens (tertiary/aromatic N) is 2. The number of carbonyl (C=O) groups excluding carboxylic acids is 1. The van der Waals surface area contributed by atoms with Gasteiger partial charge in [0.05, 0.1) is 5.75 Å². The minimum Gasteiger partial charge on any atom is -0.369 e.